The van der Waals surface area contributed by atoms with Crippen LogP contribution in [-0.4, -0.2) is 37.1 Å². The molecule has 0 heterocycles. The van der Waals surface area contributed by atoms with Gasteiger partial charge in [0.05, 0.1) is 0 Å². The van der Waals surface area contributed by atoms with E-state index in [1.165, 1.54) is 64.7 Å². The first-order valence-electron chi connectivity index (χ1n) is 8.66. The molecule has 2 unspecified atom stereocenters. The second-order valence-corrected chi connectivity index (χ2v) is 6.47. The van der Waals surface area contributed by atoms with Gasteiger partial charge in [0.1, 0.15) is 0 Å². The number of hydrogen-bond donors (Lipinski definition) is 1. The summed E-state index contributed by atoms with van der Waals surface area (Å²) in [6.07, 6.45) is 8.34. The van der Waals surface area contributed by atoms with Crippen molar-refractivity contribution in [2.45, 2.75) is 72.3 Å². The maximum Gasteiger partial charge on any atom is 0.0223 e. The van der Waals surface area contributed by atoms with E-state index in [2.05, 4.69) is 37.9 Å². The number of nitrogens with zero attached hydrogens (tertiary/aromatic N) is 1. The van der Waals surface area contributed by atoms with Crippen molar-refractivity contribution >= 4 is 0 Å². The fourth-order valence-corrected chi connectivity index (χ4v) is 3.25. The van der Waals surface area contributed by atoms with E-state index in [1.54, 1.807) is 0 Å². The Morgan fingerprint density at radius 2 is 1.79 bits per heavy atom. The van der Waals surface area contributed by atoms with Crippen LogP contribution < -0.4 is 5.32 Å². The fourth-order valence-electron chi connectivity index (χ4n) is 3.25. The summed E-state index contributed by atoms with van der Waals surface area (Å²) in [6.45, 7) is 14.2. The number of likely N-dealkylation sites (N-methyl/N-ethyl adjacent to an activating group) is 1. The molecule has 0 saturated heterocycles. The van der Waals surface area contributed by atoms with Crippen LogP contribution in [0.4, 0.5) is 0 Å². The zero-order chi connectivity index (χ0) is 14.1. The minimum absolute atomic E-state index is 0.728. The lowest BCUT2D eigenvalue weighted by Crippen LogP contribution is -2.46. The van der Waals surface area contributed by atoms with Crippen LogP contribution in [0.5, 0.6) is 0 Å². The van der Waals surface area contributed by atoms with E-state index >= 15 is 0 Å². The van der Waals surface area contributed by atoms with Gasteiger partial charge in [-0.25, -0.2) is 0 Å². The quantitative estimate of drug-likeness (QED) is 0.646. The topological polar surface area (TPSA) is 15.3 Å². The number of rotatable bonds is 10. The summed E-state index contributed by atoms with van der Waals surface area (Å²) in [4.78, 5) is 2.67. The van der Waals surface area contributed by atoms with Gasteiger partial charge in [0.25, 0.3) is 0 Å². The minimum atomic E-state index is 0.728. The zero-order valence-electron chi connectivity index (χ0n) is 13.8. The van der Waals surface area contributed by atoms with Crippen molar-refractivity contribution in [2.24, 2.45) is 11.8 Å². The smallest absolute Gasteiger partial charge is 0.0223 e. The third-order valence-corrected chi connectivity index (χ3v) is 4.79. The molecule has 1 saturated carbocycles. The molecule has 0 aromatic rings. The Balaban J connectivity index is 2.47. The summed E-state index contributed by atoms with van der Waals surface area (Å²) in [5.74, 6) is 1.76. The Labute approximate surface area is 121 Å². The van der Waals surface area contributed by atoms with E-state index in [0.29, 0.717) is 0 Å². The third kappa shape index (κ3) is 6.27. The highest BCUT2D eigenvalue weighted by Crippen LogP contribution is 2.28. The van der Waals surface area contributed by atoms with Crippen molar-refractivity contribution in [3.05, 3.63) is 0 Å². The molecule has 1 N–H and O–H groups in total. The number of nitrogens with one attached hydrogen (secondary N) is 1. The summed E-state index contributed by atoms with van der Waals surface area (Å²) in [7, 11) is 0. The van der Waals surface area contributed by atoms with Crippen LogP contribution in [0.15, 0.2) is 0 Å². The predicted molar refractivity (Wildman–Crippen MR) is 85.6 cm³/mol. The minimum Gasteiger partial charge on any atom is -0.312 e. The summed E-state index contributed by atoms with van der Waals surface area (Å²) in [5, 5.41) is 3.83. The monoisotopic (exact) mass is 268 g/mol. The van der Waals surface area contributed by atoms with E-state index < -0.39 is 0 Å². The Hall–Kier alpha value is -0.0800. The molecule has 0 amide bonds. The lowest BCUT2D eigenvalue weighted by Gasteiger charge is -2.32. The molecular weight excluding hydrogens is 232 g/mol. The average Bonchev–Trinajstić information content (AvgIpc) is 2.95. The fraction of sp³-hybridized carbons (Fsp3) is 1.00. The van der Waals surface area contributed by atoms with Crippen molar-refractivity contribution in [3.8, 4) is 0 Å². The maximum atomic E-state index is 3.83. The van der Waals surface area contributed by atoms with Crippen LogP contribution in [-0.2, 0) is 0 Å². The van der Waals surface area contributed by atoms with Crippen LogP contribution in [0.2, 0.25) is 0 Å². The molecule has 114 valence electrons. The van der Waals surface area contributed by atoms with Crippen LogP contribution in [0.25, 0.3) is 0 Å². The van der Waals surface area contributed by atoms with Gasteiger partial charge in [-0.2, -0.15) is 0 Å². The highest BCUT2D eigenvalue weighted by Gasteiger charge is 2.26. The lowest BCUT2D eigenvalue weighted by atomic mass is 9.96. The molecule has 0 aromatic carbocycles. The third-order valence-electron chi connectivity index (χ3n) is 4.79. The molecule has 1 rings (SSSR count). The van der Waals surface area contributed by atoms with Gasteiger partial charge >= 0.3 is 0 Å². The van der Waals surface area contributed by atoms with Crippen LogP contribution in [0, 0.1) is 11.8 Å². The molecule has 0 aliphatic heterocycles. The second kappa shape index (κ2) is 9.77. The molecular formula is C17H36N2. The van der Waals surface area contributed by atoms with E-state index in [1.807, 2.05) is 0 Å². The molecule has 2 heteroatoms. The first-order valence-corrected chi connectivity index (χ1v) is 8.66. The molecule has 1 aliphatic carbocycles. The van der Waals surface area contributed by atoms with Crippen LogP contribution >= 0.6 is 0 Å². The van der Waals surface area contributed by atoms with Crippen LogP contribution in [0.3, 0.4) is 0 Å². The predicted octanol–water partition coefficient (Wildman–Crippen LogP) is 3.91. The summed E-state index contributed by atoms with van der Waals surface area (Å²) >= 11 is 0. The highest BCUT2D eigenvalue weighted by atomic mass is 15.1. The van der Waals surface area contributed by atoms with Crippen molar-refractivity contribution < 1.29 is 0 Å². The Morgan fingerprint density at radius 3 is 2.32 bits per heavy atom. The van der Waals surface area contributed by atoms with Gasteiger partial charge in [-0.3, -0.25) is 0 Å². The van der Waals surface area contributed by atoms with E-state index in [4.69, 9.17) is 0 Å². The molecule has 0 spiro atoms. The average molecular weight is 268 g/mol. The molecule has 19 heavy (non-hydrogen) atoms. The van der Waals surface area contributed by atoms with Crippen molar-refractivity contribution in [1.82, 2.24) is 10.2 Å². The van der Waals surface area contributed by atoms with E-state index in [-0.39, 0.29) is 0 Å². The van der Waals surface area contributed by atoms with Gasteiger partial charge in [0, 0.05) is 19.1 Å². The Bertz CT molecular complexity index is 211. The first-order chi connectivity index (χ1) is 9.21. The standard InChI is InChI=1S/C17H36N2/c1-5-12-18-17(16-10-8-9-11-16)14-19(7-3)13-15(4)6-2/h15-18H,5-14H2,1-4H3. The van der Waals surface area contributed by atoms with Gasteiger partial charge in [0.2, 0.25) is 0 Å². The Kier molecular flexibility index (Phi) is 8.72. The van der Waals surface area contributed by atoms with Crippen molar-refractivity contribution in [3.63, 3.8) is 0 Å². The summed E-state index contributed by atoms with van der Waals surface area (Å²) < 4.78 is 0. The highest BCUT2D eigenvalue weighted by molar-refractivity contribution is 4.83. The van der Waals surface area contributed by atoms with E-state index in [9.17, 15) is 0 Å². The van der Waals surface area contributed by atoms with Gasteiger partial charge in [0.15, 0.2) is 0 Å². The van der Waals surface area contributed by atoms with Gasteiger partial charge in [-0.05, 0) is 44.2 Å². The maximum absolute atomic E-state index is 3.83. The molecule has 2 atom stereocenters. The van der Waals surface area contributed by atoms with E-state index in [0.717, 1.165) is 17.9 Å². The van der Waals surface area contributed by atoms with Gasteiger partial charge in [-0.1, -0.05) is 47.0 Å². The second-order valence-electron chi connectivity index (χ2n) is 6.47. The van der Waals surface area contributed by atoms with Gasteiger partial charge in [-0.15, -0.1) is 0 Å². The number of hydrogen-bond acceptors (Lipinski definition) is 2. The van der Waals surface area contributed by atoms with Crippen LogP contribution in [0.1, 0.15) is 66.2 Å². The molecule has 0 radical (unpaired) electrons. The normalized spacial score (nSPS) is 20.1. The zero-order valence-corrected chi connectivity index (χ0v) is 13.8. The largest absolute Gasteiger partial charge is 0.312 e. The molecule has 1 aliphatic rings. The SMILES string of the molecule is CCCNC(CN(CC)CC(C)CC)C1CCCC1. The molecule has 2 nitrogen and oxygen atoms in total. The summed E-state index contributed by atoms with van der Waals surface area (Å²) in [6, 6.07) is 0.728. The lowest BCUT2D eigenvalue weighted by molar-refractivity contribution is 0.192. The van der Waals surface area contributed by atoms with Crippen molar-refractivity contribution in [1.29, 1.82) is 0 Å². The van der Waals surface area contributed by atoms with Gasteiger partial charge < -0.3 is 10.2 Å². The Morgan fingerprint density at radius 1 is 1.11 bits per heavy atom. The van der Waals surface area contributed by atoms with Crippen molar-refractivity contribution in [2.75, 3.05) is 26.2 Å². The molecule has 0 aromatic heterocycles. The first kappa shape index (κ1) is 17.0. The molecule has 1 fully saturated rings. The summed E-state index contributed by atoms with van der Waals surface area (Å²) in [5.41, 5.74) is 0. The molecule has 0 bridgehead atoms.